The highest BCUT2D eigenvalue weighted by Crippen LogP contribution is 2.05. The maximum atomic E-state index is 11.5. The number of nitrogens with one attached hydrogen (secondary N) is 2. The van der Waals surface area contributed by atoms with E-state index >= 15 is 0 Å². The van der Waals surface area contributed by atoms with Gasteiger partial charge in [0.2, 0.25) is 0 Å². The van der Waals surface area contributed by atoms with Crippen molar-refractivity contribution in [3.63, 3.8) is 0 Å². The van der Waals surface area contributed by atoms with Crippen molar-refractivity contribution >= 4 is 17.5 Å². The van der Waals surface area contributed by atoms with Crippen molar-refractivity contribution in [3.8, 4) is 0 Å². The average molecular weight is 228 g/mol. The Kier molecular flexibility index (Phi) is 5.07. The summed E-state index contributed by atoms with van der Waals surface area (Å²) in [6.45, 7) is 4.27. The zero-order valence-electron chi connectivity index (χ0n) is 8.59. The summed E-state index contributed by atoms with van der Waals surface area (Å²) in [5.74, 6) is -0.176. The normalized spacial score (nSPS) is 10.0. The van der Waals surface area contributed by atoms with Crippen LogP contribution in [0.3, 0.4) is 0 Å². The number of amides is 1. The summed E-state index contributed by atoms with van der Waals surface area (Å²) in [4.78, 5) is 15.4. The van der Waals surface area contributed by atoms with E-state index in [1.165, 1.54) is 6.20 Å². The molecule has 0 saturated carbocycles. The summed E-state index contributed by atoms with van der Waals surface area (Å²) in [5, 5.41) is 6.38. The molecule has 1 rings (SSSR count). The number of hydrogen-bond acceptors (Lipinski definition) is 3. The maximum Gasteiger partial charge on any atom is 0.269 e. The number of carbonyl (C=O) groups excluding carboxylic acids is 1. The lowest BCUT2D eigenvalue weighted by Gasteiger charge is -2.04. The van der Waals surface area contributed by atoms with Crippen LogP contribution in [0, 0.1) is 0 Å². The molecule has 0 saturated heterocycles. The summed E-state index contributed by atoms with van der Waals surface area (Å²) in [5.41, 5.74) is 0.385. The Morgan fingerprint density at radius 3 is 2.87 bits per heavy atom. The summed E-state index contributed by atoms with van der Waals surface area (Å²) >= 11 is 5.66. The molecule has 1 amide bonds. The van der Waals surface area contributed by atoms with Gasteiger partial charge in [-0.3, -0.25) is 4.79 Å². The highest BCUT2D eigenvalue weighted by atomic mass is 35.5. The van der Waals surface area contributed by atoms with Gasteiger partial charge in [0, 0.05) is 19.3 Å². The van der Waals surface area contributed by atoms with Crippen molar-refractivity contribution in [2.75, 3.05) is 19.6 Å². The molecule has 0 spiro atoms. The number of carbonyl (C=O) groups is 1. The molecular formula is C10H14ClN3O. The lowest BCUT2D eigenvalue weighted by Crippen LogP contribution is -2.32. The second kappa shape index (κ2) is 6.37. The standard InChI is InChI=1S/C10H14ClN3O/c1-2-12-5-6-13-10(15)9-4-3-8(11)7-14-9/h3-4,7,12H,2,5-6H2,1H3,(H,13,15). The SMILES string of the molecule is CCNCCNC(=O)c1ccc(Cl)cn1. The van der Waals surface area contributed by atoms with Gasteiger partial charge < -0.3 is 10.6 Å². The summed E-state index contributed by atoms with van der Waals surface area (Å²) in [6.07, 6.45) is 1.46. The number of rotatable bonds is 5. The second-order valence-corrected chi connectivity index (χ2v) is 3.41. The lowest BCUT2D eigenvalue weighted by molar-refractivity contribution is 0.0949. The van der Waals surface area contributed by atoms with Crippen LogP contribution in [0.2, 0.25) is 5.02 Å². The van der Waals surface area contributed by atoms with E-state index in [1.54, 1.807) is 12.1 Å². The summed E-state index contributed by atoms with van der Waals surface area (Å²) in [7, 11) is 0. The number of aromatic nitrogens is 1. The molecule has 0 aliphatic heterocycles. The zero-order chi connectivity index (χ0) is 11.1. The van der Waals surface area contributed by atoms with Gasteiger partial charge in [0.15, 0.2) is 0 Å². The highest BCUT2D eigenvalue weighted by molar-refractivity contribution is 6.30. The molecule has 1 heterocycles. The Labute approximate surface area is 94.0 Å². The van der Waals surface area contributed by atoms with E-state index in [-0.39, 0.29) is 5.91 Å². The van der Waals surface area contributed by atoms with Crippen molar-refractivity contribution in [2.45, 2.75) is 6.92 Å². The number of likely N-dealkylation sites (N-methyl/N-ethyl adjacent to an activating group) is 1. The van der Waals surface area contributed by atoms with Crippen LogP contribution in [0.1, 0.15) is 17.4 Å². The van der Waals surface area contributed by atoms with E-state index in [2.05, 4.69) is 15.6 Å². The minimum Gasteiger partial charge on any atom is -0.349 e. The predicted molar refractivity (Wildman–Crippen MR) is 60.1 cm³/mol. The molecule has 0 unspecified atom stereocenters. The number of halogens is 1. The molecule has 0 bridgehead atoms. The van der Waals surface area contributed by atoms with Crippen LogP contribution >= 0.6 is 11.6 Å². The molecule has 0 aliphatic carbocycles. The van der Waals surface area contributed by atoms with Crippen LogP contribution in [-0.4, -0.2) is 30.5 Å². The van der Waals surface area contributed by atoms with E-state index < -0.39 is 0 Å². The van der Waals surface area contributed by atoms with Gasteiger partial charge in [-0.25, -0.2) is 4.98 Å². The van der Waals surface area contributed by atoms with Gasteiger partial charge in [0.05, 0.1) is 5.02 Å². The minimum atomic E-state index is -0.176. The van der Waals surface area contributed by atoms with Crippen molar-refractivity contribution in [2.24, 2.45) is 0 Å². The summed E-state index contributed by atoms with van der Waals surface area (Å²) < 4.78 is 0. The first-order valence-corrected chi connectivity index (χ1v) is 5.22. The van der Waals surface area contributed by atoms with E-state index in [4.69, 9.17) is 11.6 Å². The van der Waals surface area contributed by atoms with Gasteiger partial charge in [0.25, 0.3) is 5.91 Å². The monoisotopic (exact) mass is 227 g/mol. The van der Waals surface area contributed by atoms with Gasteiger partial charge in [-0.15, -0.1) is 0 Å². The predicted octanol–water partition coefficient (Wildman–Crippen LogP) is 1.07. The zero-order valence-corrected chi connectivity index (χ0v) is 9.34. The molecule has 0 radical (unpaired) electrons. The molecule has 15 heavy (non-hydrogen) atoms. The first kappa shape index (κ1) is 11.9. The first-order chi connectivity index (χ1) is 7.24. The Balaban J connectivity index is 2.37. The molecule has 1 aromatic rings. The number of nitrogens with zero attached hydrogens (tertiary/aromatic N) is 1. The fourth-order valence-corrected chi connectivity index (χ4v) is 1.15. The van der Waals surface area contributed by atoms with Crippen LogP contribution in [0.25, 0.3) is 0 Å². The molecule has 4 nitrogen and oxygen atoms in total. The van der Waals surface area contributed by atoms with E-state index in [1.807, 2.05) is 6.92 Å². The van der Waals surface area contributed by atoms with E-state index in [9.17, 15) is 4.79 Å². The third-order valence-corrected chi connectivity index (χ3v) is 2.02. The Morgan fingerprint density at radius 1 is 1.47 bits per heavy atom. The van der Waals surface area contributed by atoms with Crippen molar-refractivity contribution < 1.29 is 4.79 Å². The molecular weight excluding hydrogens is 214 g/mol. The minimum absolute atomic E-state index is 0.176. The molecule has 5 heteroatoms. The van der Waals surface area contributed by atoms with Crippen LogP contribution in [0.4, 0.5) is 0 Å². The quantitative estimate of drug-likeness (QED) is 0.740. The third kappa shape index (κ3) is 4.27. The fraction of sp³-hybridized carbons (Fsp3) is 0.400. The second-order valence-electron chi connectivity index (χ2n) is 2.97. The van der Waals surface area contributed by atoms with E-state index in [0.717, 1.165) is 13.1 Å². The third-order valence-electron chi connectivity index (χ3n) is 1.80. The van der Waals surface area contributed by atoms with Crippen LogP contribution in [-0.2, 0) is 0 Å². The lowest BCUT2D eigenvalue weighted by atomic mass is 10.3. The smallest absolute Gasteiger partial charge is 0.269 e. The molecule has 2 N–H and O–H groups in total. The topological polar surface area (TPSA) is 54.0 Å². The number of hydrogen-bond donors (Lipinski definition) is 2. The molecule has 82 valence electrons. The molecule has 0 fully saturated rings. The molecule has 1 aromatic heterocycles. The Bertz CT molecular complexity index is 313. The van der Waals surface area contributed by atoms with Gasteiger partial charge >= 0.3 is 0 Å². The van der Waals surface area contributed by atoms with Crippen LogP contribution in [0.5, 0.6) is 0 Å². The number of pyridine rings is 1. The molecule has 0 aliphatic rings. The van der Waals surface area contributed by atoms with E-state index in [0.29, 0.717) is 17.3 Å². The average Bonchev–Trinajstić information content (AvgIpc) is 2.25. The van der Waals surface area contributed by atoms with Crippen LogP contribution < -0.4 is 10.6 Å². The van der Waals surface area contributed by atoms with Crippen molar-refractivity contribution in [3.05, 3.63) is 29.0 Å². The van der Waals surface area contributed by atoms with Crippen molar-refractivity contribution in [1.82, 2.24) is 15.6 Å². The largest absolute Gasteiger partial charge is 0.349 e. The molecule has 0 aromatic carbocycles. The summed E-state index contributed by atoms with van der Waals surface area (Å²) in [6, 6.07) is 3.25. The Hall–Kier alpha value is -1.13. The first-order valence-electron chi connectivity index (χ1n) is 4.84. The van der Waals surface area contributed by atoms with Crippen molar-refractivity contribution in [1.29, 1.82) is 0 Å². The van der Waals surface area contributed by atoms with Gasteiger partial charge in [0.1, 0.15) is 5.69 Å². The maximum absolute atomic E-state index is 11.5. The van der Waals surface area contributed by atoms with Crippen LogP contribution in [0.15, 0.2) is 18.3 Å². The van der Waals surface area contributed by atoms with Gasteiger partial charge in [-0.05, 0) is 18.7 Å². The highest BCUT2D eigenvalue weighted by Gasteiger charge is 2.04. The van der Waals surface area contributed by atoms with Gasteiger partial charge in [-0.1, -0.05) is 18.5 Å². The Morgan fingerprint density at radius 2 is 2.27 bits per heavy atom. The van der Waals surface area contributed by atoms with Gasteiger partial charge in [-0.2, -0.15) is 0 Å². The molecule has 0 atom stereocenters. The fourth-order valence-electron chi connectivity index (χ4n) is 1.04.